The molecule has 17 heavy (non-hydrogen) atoms. The van der Waals surface area contributed by atoms with Crippen LogP contribution in [0.5, 0.6) is 0 Å². The van der Waals surface area contributed by atoms with E-state index in [9.17, 15) is 0 Å². The van der Waals surface area contributed by atoms with Gasteiger partial charge < -0.3 is 15.2 Å². The molecule has 0 saturated heterocycles. The van der Waals surface area contributed by atoms with Gasteiger partial charge >= 0.3 is 0 Å². The lowest BCUT2D eigenvalue weighted by molar-refractivity contribution is 0.0659. The molecule has 2 aliphatic carbocycles. The van der Waals surface area contributed by atoms with Crippen LogP contribution in [0.3, 0.4) is 0 Å². The van der Waals surface area contributed by atoms with Crippen LogP contribution < -0.4 is 5.73 Å². The molecule has 0 radical (unpaired) electrons. The summed E-state index contributed by atoms with van der Waals surface area (Å²) in [5.74, 6) is 2.96. The molecule has 3 heteroatoms. The van der Waals surface area contributed by atoms with Crippen molar-refractivity contribution in [2.24, 2.45) is 23.5 Å². The lowest BCUT2D eigenvalue weighted by Gasteiger charge is -2.24. The van der Waals surface area contributed by atoms with Crippen LogP contribution in [-0.4, -0.2) is 33.0 Å². The second-order valence-electron chi connectivity index (χ2n) is 5.82. The Balaban J connectivity index is 1.53. The Labute approximate surface area is 105 Å². The van der Waals surface area contributed by atoms with Crippen molar-refractivity contribution in [3.8, 4) is 0 Å². The predicted molar refractivity (Wildman–Crippen MR) is 68.8 cm³/mol. The van der Waals surface area contributed by atoms with E-state index in [-0.39, 0.29) is 0 Å². The van der Waals surface area contributed by atoms with Gasteiger partial charge in [0.2, 0.25) is 0 Å². The topological polar surface area (TPSA) is 44.5 Å². The molecule has 2 aliphatic rings. The van der Waals surface area contributed by atoms with Crippen molar-refractivity contribution < 1.29 is 9.47 Å². The maximum atomic E-state index is 6.19. The first-order valence-corrected chi connectivity index (χ1v) is 7.12. The third-order valence-corrected chi connectivity index (χ3v) is 4.55. The summed E-state index contributed by atoms with van der Waals surface area (Å²) < 4.78 is 10.4. The van der Waals surface area contributed by atoms with Gasteiger partial charge in [-0.1, -0.05) is 6.42 Å². The zero-order valence-electron chi connectivity index (χ0n) is 11.1. The predicted octanol–water partition coefficient (Wildman–Crippen LogP) is 2.19. The van der Waals surface area contributed by atoms with Crippen LogP contribution in [0.15, 0.2) is 0 Å². The van der Waals surface area contributed by atoms with Crippen molar-refractivity contribution in [1.29, 1.82) is 0 Å². The molecular weight excluding hydrogens is 214 g/mol. The standard InChI is InChI=1S/C14H27NO2/c1-16-6-7-17-5-4-14(15)10-13-9-11-2-3-12(13)8-11/h11-14H,2-10,15H2,1H3. The van der Waals surface area contributed by atoms with Gasteiger partial charge in [0.05, 0.1) is 13.2 Å². The summed E-state index contributed by atoms with van der Waals surface area (Å²) in [6, 6.07) is 0.335. The van der Waals surface area contributed by atoms with Crippen LogP contribution >= 0.6 is 0 Å². The lowest BCUT2D eigenvalue weighted by Crippen LogP contribution is -2.27. The summed E-state index contributed by atoms with van der Waals surface area (Å²) in [6.07, 6.45) is 8.10. The Bertz CT molecular complexity index is 222. The second kappa shape index (κ2) is 6.72. The zero-order chi connectivity index (χ0) is 12.1. The van der Waals surface area contributed by atoms with Crippen LogP contribution in [0.2, 0.25) is 0 Å². The quantitative estimate of drug-likeness (QED) is 0.663. The molecule has 4 unspecified atom stereocenters. The van der Waals surface area contributed by atoms with Crippen molar-refractivity contribution in [3.63, 3.8) is 0 Å². The molecule has 2 rings (SSSR count). The van der Waals surface area contributed by atoms with E-state index in [4.69, 9.17) is 15.2 Å². The van der Waals surface area contributed by atoms with E-state index < -0.39 is 0 Å². The second-order valence-corrected chi connectivity index (χ2v) is 5.82. The van der Waals surface area contributed by atoms with Gasteiger partial charge in [-0.25, -0.2) is 0 Å². The van der Waals surface area contributed by atoms with Gasteiger partial charge in [0.1, 0.15) is 0 Å². The minimum Gasteiger partial charge on any atom is -0.382 e. The summed E-state index contributed by atoms with van der Waals surface area (Å²) in [5.41, 5.74) is 6.19. The molecule has 0 aromatic rings. The van der Waals surface area contributed by atoms with Crippen molar-refractivity contribution in [3.05, 3.63) is 0 Å². The van der Waals surface area contributed by atoms with Crippen LogP contribution in [0.25, 0.3) is 0 Å². The number of hydrogen-bond acceptors (Lipinski definition) is 3. The maximum Gasteiger partial charge on any atom is 0.0700 e. The van der Waals surface area contributed by atoms with Gasteiger partial charge in [-0.3, -0.25) is 0 Å². The molecule has 2 N–H and O–H groups in total. The fourth-order valence-corrected chi connectivity index (χ4v) is 3.65. The number of fused-ring (bicyclic) bond motifs is 2. The Morgan fingerprint density at radius 1 is 1.18 bits per heavy atom. The van der Waals surface area contributed by atoms with Crippen LogP contribution in [0, 0.1) is 17.8 Å². The molecule has 2 fully saturated rings. The van der Waals surface area contributed by atoms with Gasteiger partial charge in [0.25, 0.3) is 0 Å². The van der Waals surface area contributed by atoms with E-state index in [0.29, 0.717) is 19.3 Å². The average molecular weight is 241 g/mol. The molecular formula is C14H27NO2. The highest BCUT2D eigenvalue weighted by atomic mass is 16.5. The smallest absolute Gasteiger partial charge is 0.0700 e. The van der Waals surface area contributed by atoms with Gasteiger partial charge in [0.15, 0.2) is 0 Å². The third kappa shape index (κ3) is 3.94. The SMILES string of the molecule is COCCOCCC(N)CC1CC2CCC1C2. The van der Waals surface area contributed by atoms with Gasteiger partial charge in [-0.2, -0.15) is 0 Å². The molecule has 0 aliphatic heterocycles. The van der Waals surface area contributed by atoms with Crippen molar-refractivity contribution in [2.45, 2.75) is 44.6 Å². The summed E-state index contributed by atoms with van der Waals surface area (Å²) in [5, 5.41) is 0. The Kier molecular flexibility index (Phi) is 5.26. The molecule has 0 heterocycles. The monoisotopic (exact) mass is 241 g/mol. The number of hydrogen-bond donors (Lipinski definition) is 1. The van der Waals surface area contributed by atoms with E-state index >= 15 is 0 Å². The van der Waals surface area contributed by atoms with Gasteiger partial charge in [0, 0.05) is 19.8 Å². The number of rotatable bonds is 8. The van der Waals surface area contributed by atoms with E-state index in [1.54, 1.807) is 7.11 Å². The Morgan fingerprint density at radius 3 is 2.71 bits per heavy atom. The molecule has 0 aromatic heterocycles. The fraction of sp³-hybridized carbons (Fsp3) is 1.00. The van der Waals surface area contributed by atoms with Crippen LogP contribution in [-0.2, 0) is 9.47 Å². The highest BCUT2D eigenvalue weighted by Gasteiger charge is 2.39. The minimum absolute atomic E-state index is 0.335. The summed E-state index contributed by atoms with van der Waals surface area (Å²) >= 11 is 0. The minimum atomic E-state index is 0.335. The first-order valence-electron chi connectivity index (χ1n) is 7.12. The first-order chi connectivity index (χ1) is 8.29. The molecule has 2 bridgehead atoms. The van der Waals surface area contributed by atoms with E-state index in [2.05, 4.69) is 0 Å². The summed E-state index contributed by atoms with van der Waals surface area (Å²) in [6.45, 7) is 2.16. The van der Waals surface area contributed by atoms with Gasteiger partial charge in [-0.05, 0) is 49.9 Å². The fourth-order valence-electron chi connectivity index (χ4n) is 3.65. The molecule has 4 atom stereocenters. The van der Waals surface area contributed by atoms with Crippen LogP contribution in [0.1, 0.15) is 38.5 Å². The lowest BCUT2D eigenvalue weighted by atomic mass is 9.84. The molecule has 0 spiro atoms. The molecule has 2 saturated carbocycles. The van der Waals surface area contributed by atoms with E-state index in [1.165, 1.54) is 32.1 Å². The largest absolute Gasteiger partial charge is 0.382 e. The number of methoxy groups -OCH3 is 1. The molecule has 100 valence electrons. The first kappa shape index (κ1) is 13.3. The molecule has 0 amide bonds. The average Bonchev–Trinajstić information content (AvgIpc) is 2.90. The Morgan fingerprint density at radius 2 is 2.06 bits per heavy atom. The normalized spacial score (nSPS) is 33.2. The summed E-state index contributed by atoms with van der Waals surface area (Å²) in [4.78, 5) is 0. The molecule has 0 aromatic carbocycles. The third-order valence-electron chi connectivity index (χ3n) is 4.55. The van der Waals surface area contributed by atoms with Crippen LogP contribution in [0.4, 0.5) is 0 Å². The highest BCUT2D eigenvalue weighted by Crippen LogP contribution is 2.49. The maximum absolute atomic E-state index is 6.19. The molecule has 3 nitrogen and oxygen atoms in total. The zero-order valence-corrected chi connectivity index (χ0v) is 11.1. The summed E-state index contributed by atoms with van der Waals surface area (Å²) in [7, 11) is 1.70. The highest BCUT2D eigenvalue weighted by molar-refractivity contribution is 4.91. The van der Waals surface area contributed by atoms with Crippen molar-refractivity contribution in [1.82, 2.24) is 0 Å². The number of ether oxygens (including phenoxy) is 2. The van der Waals surface area contributed by atoms with E-state index in [1.807, 2.05) is 0 Å². The number of nitrogens with two attached hydrogens (primary N) is 1. The van der Waals surface area contributed by atoms with Gasteiger partial charge in [-0.15, -0.1) is 0 Å². The Hall–Kier alpha value is -0.120. The van der Waals surface area contributed by atoms with E-state index in [0.717, 1.165) is 30.8 Å². The van der Waals surface area contributed by atoms with Crippen molar-refractivity contribution in [2.75, 3.05) is 26.9 Å². The van der Waals surface area contributed by atoms with Crippen molar-refractivity contribution >= 4 is 0 Å².